The molecule has 0 bridgehead atoms. The minimum atomic E-state index is -0.842. The van der Waals surface area contributed by atoms with E-state index >= 15 is 0 Å². The first-order chi connectivity index (χ1) is 8.97. The molecule has 1 heterocycles. The van der Waals surface area contributed by atoms with Crippen LogP contribution in [0.15, 0.2) is 12.1 Å². The number of hydrogen-bond donors (Lipinski definition) is 2. The van der Waals surface area contributed by atoms with Gasteiger partial charge in [0.2, 0.25) is 5.91 Å². The Balaban J connectivity index is 2.12. The summed E-state index contributed by atoms with van der Waals surface area (Å²) in [6.45, 7) is 2.20. The highest BCUT2D eigenvalue weighted by Gasteiger charge is 2.09. The van der Waals surface area contributed by atoms with Gasteiger partial charge in [-0.2, -0.15) is 0 Å². The largest absolute Gasteiger partial charge is 0.481 e. The first-order valence-corrected chi connectivity index (χ1v) is 8.12. The number of thioether (sulfide) groups is 1. The van der Waals surface area contributed by atoms with E-state index in [4.69, 9.17) is 16.7 Å². The summed E-state index contributed by atoms with van der Waals surface area (Å²) in [7, 11) is 0. The van der Waals surface area contributed by atoms with Crippen molar-refractivity contribution >= 4 is 46.6 Å². The van der Waals surface area contributed by atoms with Crippen LogP contribution in [0.1, 0.15) is 18.2 Å². The Kier molecular flexibility index (Phi) is 7.27. The number of aliphatic carboxylic acids is 1. The number of nitrogens with one attached hydrogen (secondary N) is 1. The summed E-state index contributed by atoms with van der Waals surface area (Å²) in [5.74, 6) is 0.170. The number of thiophene rings is 1. The Bertz CT molecular complexity index is 436. The second-order valence-corrected chi connectivity index (χ2v) is 6.99. The van der Waals surface area contributed by atoms with Crippen molar-refractivity contribution in [2.75, 3.05) is 12.3 Å². The van der Waals surface area contributed by atoms with Crippen LogP contribution in [-0.2, 0) is 15.3 Å². The van der Waals surface area contributed by atoms with Crippen molar-refractivity contribution in [3.63, 3.8) is 0 Å². The van der Waals surface area contributed by atoms with Gasteiger partial charge in [-0.15, -0.1) is 23.1 Å². The van der Waals surface area contributed by atoms with E-state index in [0.29, 0.717) is 12.3 Å². The minimum absolute atomic E-state index is 0.0532. The van der Waals surface area contributed by atoms with Crippen LogP contribution in [0.25, 0.3) is 0 Å². The van der Waals surface area contributed by atoms with Crippen molar-refractivity contribution in [1.82, 2.24) is 5.32 Å². The molecule has 1 unspecified atom stereocenters. The van der Waals surface area contributed by atoms with Gasteiger partial charge >= 0.3 is 5.97 Å². The molecule has 1 amide bonds. The van der Waals surface area contributed by atoms with Crippen LogP contribution >= 0.6 is 34.7 Å². The number of amides is 1. The highest BCUT2D eigenvalue weighted by Crippen LogP contribution is 2.24. The third kappa shape index (κ3) is 7.44. The lowest BCUT2D eigenvalue weighted by Crippen LogP contribution is -2.30. The van der Waals surface area contributed by atoms with Gasteiger partial charge in [0, 0.05) is 23.6 Å². The van der Waals surface area contributed by atoms with Crippen molar-refractivity contribution in [1.29, 1.82) is 0 Å². The molecule has 0 aromatic carbocycles. The molecule has 7 heteroatoms. The molecule has 0 fully saturated rings. The molecule has 0 radical (unpaired) electrons. The molecule has 1 atom stereocenters. The van der Waals surface area contributed by atoms with Gasteiger partial charge in [-0.1, -0.05) is 18.5 Å². The molecule has 1 aromatic rings. The van der Waals surface area contributed by atoms with Crippen LogP contribution in [0.5, 0.6) is 0 Å². The molecule has 1 aromatic heterocycles. The predicted molar refractivity (Wildman–Crippen MR) is 79.9 cm³/mol. The van der Waals surface area contributed by atoms with Crippen molar-refractivity contribution < 1.29 is 14.7 Å². The Morgan fingerprint density at radius 1 is 1.53 bits per heavy atom. The van der Waals surface area contributed by atoms with E-state index in [0.717, 1.165) is 15.0 Å². The maximum atomic E-state index is 11.5. The van der Waals surface area contributed by atoms with Crippen LogP contribution in [0.3, 0.4) is 0 Å². The number of halogens is 1. The van der Waals surface area contributed by atoms with Crippen LogP contribution in [0, 0.1) is 5.92 Å². The Hall–Kier alpha value is -0.720. The summed E-state index contributed by atoms with van der Waals surface area (Å²) >= 11 is 8.84. The molecule has 0 spiro atoms. The molecule has 0 saturated heterocycles. The molecule has 4 nitrogen and oxygen atoms in total. The van der Waals surface area contributed by atoms with Crippen LogP contribution in [-0.4, -0.2) is 29.3 Å². The van der Waals surface area contributed by atoms with E-state index in [-0.39, 0.29) is 18.2 Å². The van der Waals surface area contributed by atoms with Gasteiger partial charge in [-0.05, 0) is 18.1 Å². The number of hydrogen-bond acceptors (Lipinski definition) is 4. The molecule has 2 N–H and O–H groups in total. The van der Waals surface area contributed by atoms with Crippen molar-refractivity contribution in [3.8, 4) is 0 Å². The lowest BCUT2D eigenvalue weighted by atomic mass is 10.1. The van der Waals surface area contributed by atoms with E-state index < -0.39 is 5.97 Å². The predicted octanol–water partition coefficient (Wildman–Crippen LogP) is 2.86. The zero-order valence-electron chi connectivity index (χ0n) is 10.5. The second kappa shape index (κ2) is 8.45. The highest BCUT2D eigenvalue weighted by molar-refractivity contribution is 7.99. The van der Waals surface area contributed by atoms with Gasteiger partial charge < -0.3 is 10.4 Å². The van der Waals surface area contributed by atoms with Gasteiger partial charge in [0.25, 0.3) is 0 Å². The Morgan fingerprint density at radius 3 is 2.84 bits per heavy atom. The standard InChI is InChI=1S/C12H16ClNO3S2/c1-8(4-12(16)17)5-14-11(15)7-18-6-9-2-3-10(13)19-9/h2-3,8H,4-7H2,1H3,(H,14,15)(H,16,17). The number of carboxylic acids is 1. The smallest absolute Gasteiger partial charge is 0.303 e. The van der Waals surface area contributed by atoms with Gasteiger partial charge in [0.15, 0.2) is 0 Å². The summed E-state index contributed by atoms with van der Waals surface area (Å²) in [5, 5.41) is 11.3. The average Bonchev–Trinajstić information content (AvgIpc) is 2.71. The number of carbonyl (C=O) groups is 2. The van der Waals surface area contributed by atoms with E-state index in [1.807, 2.05) is 12.1 Å². The molecular weight excluding hydrogens is 306 g/mol. The average molecular weight is 322 g/mol. The molecule has 0 aliphatic heterocycles. The zero-order valence-corrected chi connectivity index (χ0v) is 12.9. The Morgan fingerprint density at radius 2 is 2.26 bits per heavy atom. The van der Waals surface area contributed by atoms with Crippen LogP contribution < -0.4 is 5.32 Å². The lowest BCUT2D eigenvalue weighted by molar-refractivity contribution is -0.138. The normalized spacial score (nSPS) is 12.1. The topological polar surface area (TPSA) is 66.4 Å². The molecule has 19 heavy (non-hydrogen) atoms. The maximum Gasteiger partial charge on any atom is 0.303 e. The molecular formula is C12H16ClNO3S2. The van der Waals surface area contributed by atoms with Gasteiger partial charge in [-0.3, -0.25) is 9.59 Å². The third-order valence-electron chi connectivity index (χ3n) is 2.28. The fourth-order valence-electron chi connectivity index (χ4n) is 1.38. The number of rotatable bonds is 8. The molecule has 1 rings (SSSR count). The molecule has 106 valence electrons. The van der Waals surface area contributed by atoms with Crippen molar-refractivity contribution in [3.05, 3.63) is 21.3 Å². The summed E-state index contributed by atoms with van der Waals surface area (Å²) in [4.78, 5) is 23.1. The zero-order chi connectivity index (χ0) is 14.3. The maximum absolute atomic E-state index is 11.5. The first kappa shape index (κ1) is 16.3. The van der Waals surface area contributed by atoms with E-state index in [1.165, 1.54) is 23.1 Å². The lowest BCUT2D eigenvalue weighted by Gasteiger charge is -2.09. The highest BCUT2D eigenvalue weighted by atomic mass is 35.5. The quantitative estimate of drug-likeness (QED) is 0.772. The third-order valence-corrected chi connectivity index (χ3v) is 4.67. The summed E-state index contributed by atoms with van der Waals surface area (Å²) < 4.78 is 0.752. The SMILES string of the molecule is CC(CNC(=O)CSCc1ccc(Cl)s1)CC(=O)O. The van der Waals surface area contributed by atoms with E-state index in [9.17, 15) is 9.59 Å². The van der Waals surface area contributed by atoms with E-state index in [2.05, 4.69) is 5.32 Å². The van der Waals surface area contributed by atoms with Gasteiger partial charge in [0.1, 0.15) is 0 Å². The second-order valence-electron chi connectivity index (χ2n) is 4.21. The Labute approximate surface area is 125 Å². The summed E-state index contributed by atoms with van der Waals surface area (Å²) in [6.07, 6.45) is 0.0706. The van der Waals surface area contributed by atoms with Crippen LogP contribution in [0.2, 0.25) is 4.34 Å². The monoisotopic (exact) mass is 321 g/mol. The van der Waals surface area contributed by atoms with E-state index in [1.54, 1.807) is 6.92 Å². The molecule has 0 aliphatic rings. The fraction of sp³-hybridized carbons (Fsp3) is 0.500. The van der Waals surface area contributed by atoms with Crippen molar-refractivity contribution in [2.45, 2.75) is 19.1 Å². The number of carboxylic acid groups (broad SMARTS) is 1. The number of carbonyl (C=O) groups excluding carboxylic acids is 1. The van der Waals surface area contributed by atoms with Crippen molar-refractivity contribution in [2.24, 2.45) is 5.92 Å². The fourth-order valence-corrected chi connectivity index (χ4v) is 3.44. The first-order valence-electron chi connectivity index (χ1n) is 5.78. The molecule has 0 aliphatic carbocycles. The van der Waals surface area contributed by atoms with Crippen LogP contribution in [0.4, 0.5) is 0 Å². The minimum Gasteiger partial charge on any atom is -0.481 e. The molecule has 0 saturated carbocycles. The summed E-state index contributed by atoms with van der Waals surface area (Å²) in [5.41, 5.74) is 0. The van der Waals surface area contributed by atoms with Gasteiger partial charge in [-0.25, -0.2) is 0 Å². The summed E-state index contributed by atoms with van der Waals surface area (Å²) in [6, 6.07) is 3.79. The van der Waals surface area contributed by atoms with Gasteiger partial charge in [0.05, 0.1) is 10.1 Å².